The highest BCUT2D eigenvalue weighted by Crippen LogP contribution is 2.36. The molecular weight excluding hydrogens is 284 g/mol. The average molecular weight is 303 g/mol. The van der Waals surface area contributed by atoms with Crippen LogP contribution in [0.15, 0.2) is 53.2 Å². The first kappa shape index (κ1) is 13.9. The Morgan fingerprint density at radius 2 is 1.91 bits per heavy atom. The number of hydrogen-bond donors (Lipinski definition) is 0. The van der Waals surface area contributed by atoms with Crippen molar-refractivity contribution in [1.29, 1.82) is 0 Å². The third kappa shape index (κ3) is 2.12. The van der Waals surface area contributed by atoms with Crippen LogP contribution in [0.3, 0.4) is 0 Å². The molecule has 3 aromatic heterocycles. The molecule has 0 aliphatic carbocycles. The zero-order valence-electron chi connectivity index (χ0n) is 13.6. The Kier molecular flexibility index (Phi) is 3.15. The minimum atomic E-state index is 0.839. The summed E-state index contributed by atoms with van der Waals surface area (Å²) in [6, 6.07) is 12.6. The highest BCUT2D eigenvalue weighted by atomic mass is 16.3. The van der Waals surface area contributed by atoms with Crippen molar-refractivity contribution >= 4 is 21.9 Å². The minimum Gasteiger partial charge on any atom is -0.454 e. The van der Waals surface area contributed by atoms with E-state index in [0.717, 1.165) is 45.3 Å². The predicted molar refractivity (Wildman–Crippen MR) is 92.2 cm³/mol. The van der Waals surface area contributed by atoms with Gasteiger partial charge in [0.15, 0.2) is 11.8 Å². The summed E-state index contributed by atoms with van der Waals surface area (Å²) in [6.07, 6.45) is 5.05. The van der Waals surface area contributed by atoms with E-state index >= 15 is 0 Å². The fourth-order valence-corrected chi connectivity index (χ4v) is 3.26. The van der Waals surface area contributed by atoms with Crippen LogP contribution in [0.5, 0.6) is 0 Å². The van der Waals surface area contributed by atoms with Crippen LogP contribution in [0.4, 0.5) is 0 Å². The van der Waals surface area contributed by atoms with Gasteiger partial charge in [-0.05, 0) is 25.5 Å². The highest BCUT2D eigenvalue weighted by molar-refractivity contribution is 6.11. The van der Waals surface area contributed by atoms with Gasteiger partial charge in [-0.25, -0.2) is 4.57 Å². The van der Waals surface area contributed by atoms with Crippen molar-refractivity contribution < 1.29 is 8.98 Å². The molecule has 0 atom stereocenters. The lowest BCUT2D eigenvalue weighted by Gasteiger charge is -2.06. The lowest BCUT2D eigenvalue weighted by atomic mass is 10.0. The van der Waals surface area contributed by atoms with Gasteiger partial charge < -0.3 is 4.42 Å². The molecule has 0 aliphatic rings. The topological polar surface area (TPSA) is 29.9 Å². The van der Waals surface area contributed by atoms with Crippen LogP contribution in [0, 0.1) is 6.92 Å². The lowest BCUT2D eigenvalue weighted by Crippen LogP contribution is -2.31. The molecule has 4 rings (SSSR count). The van der Waals surface area contributed by atoms with Gasteiger partial charge >= 0.3 is 0 Å². The smallest absolute Gasteiger partial charge is 0.214 e. The second-order valence-corrected chi connectivity index (χ2v) is 5.94. The SMILES string of the molecule is CCc1ccc(-c2c(C)ncc3oc4ccccc4c23)[n+](C)c1. The second-order valence-electron chi connectivity index (χ2n) is 5.94. The normalized spacial score (nSPS) is 11.4. The first-order valence-electron chi connectivity index (χ1n) is 7.95. The van der Waals surface area contributed by atoms with Crippen LogP contribution in [0.2, 0.25) is 0 Å². The molecule has 3 heterocycles. The maximum atomic E-state index is 5.98. The van der Waals surface area contributed by atoms with Crippen LogP contribution in [0.1, 0.15) is 18.2 Å². The van der Waals surface area contributed by atoms with Crippen molar-refractivity contribution in [2.45, 2.75) is 20.3 Å². The first-order valence-corrected chi connectivity index (χ1v) is 7.95. The third-order valence-corrected chi connectivity index (χ3v) is 4.47. The number of aromatic nitrogens is 2. The standard InChI is InChI=1S/C20H19N2O/c1-4-14-9-10-16(22(3)12-14)19-13(2)21-11-18-20(19)15-7-5-6-8-17(15)23-18/h5-12H,4H2,1-3H3/q+1. The van der Waals surface area contributed by atoms with E-state index in [2.05, 4.69) is 60.9 Å². The molecule has 0 fully saturated rings. The Bertz CT molecular complexity index is 1030. The number of rotatable bonds is 2. The zero-order valence-corrected chi connectivity index (χ0v) is 13.6. The molecule has 114 valence electrons. The lowest BCUT2D eigenvalue weighted by molar-refractivity contribution is -0.660. The van der Waals surface area contributed by atoms with Gasteiger partial charge in [0.05, 0.1) is 17.5 Å². The molecule has 0 unspecified atom stereocenters. The van der Waals surface area contributed by atoms with E-state index in [-0.39, 0.29) is 0 Å². The molecule has 3 nitrogen and oxygen atoms in total. The molecule has 0 aliphatic heterocycles. The quantitative estimate of drug-likeness (QED) is 0.515. The molecule has 23 heavy (non-hydrogen) atoms. The van der Waals surface area contributed by atoms with Gasteiger partial charge in [0.1, 0.15) is 12.6 Å². The molecule has 0 saturated heterocycles. The molecule has 1 aromatic carbocycles. The maximum absolute atomic E-state index is 5.98. The predicted octanol–water partition coefficient (Wildman–Crippen LogP) is 4.34. The van der Waals surface area contributed by atoms with Crippen molar-refractivity contribution in [3.05, 3.63) is 60.0 Å². The van der Waals surface area contributed by atoms with Gasteiger partial charge in [-0.3, -0.25) is 4.98 Å². The number of nitrogens with zero attached hydrogens (tertiary/aromatic N) is 2. The molecular formula is C20H19N2O+. The number of aryl methyl sites for hydroxylation is 3. The van der Waals surface area contributed by atoms with Crippen molar-refractivity contribution in [2.75, 3.05) is 0 Å². The fourth-order valence-electron chi connectivity index (χ4n) is 3.26. The molecule has 0 bridgehead atoms. The number of para-hydroxylation sites is 1. The number of hydrogen-bond acceptors (Lipinski definition) is 2. The van der Waals surface area contributed by atoms with E-state index in [0.29, 0.717) is 0 Å². The van der Waals surface area contributed by atoms with Gasteiger partial charge in [-0.1, -0.05) is 25.1 Å². The van der Waals surface area contributed by atoms with Gasteiger partial charge in [0.25, 0.3) is 0 Å². The summed E-state index contributed by atoms with van der Waals surface area (Å²) in [7, 11) is 2.09. The molecule has 0 radical (unpaired) electrons. The summed E-state index contributed by atoms with van der Waals surface area (Å²) in [5, 5.41) is 2.29. The van der Waals surface area contributed by atoms with Gasteiger partial charge in [0, 0.05) is 22.4 Å². The van der Waals surface area contributed by atoms with E-state index in [1.165, 1.54) is 5.56 Å². The average Bonchev–Trinajstić information content (AvgIpc) is 2.94. The largest absolute Gasteiger partial charge is 0.454 e. The Morgan fingerprint density at radius 3 is 2.70 bits per heavy atom. The van der Waals surface area contributed by atoms with Crippen molar-refractivity contribution in [2.24, 2.45) is 7.05 Å². The van der Waals surface area contributed by atoms with Gasteiger partial charge in [0.2, 0.25) is 5.69 Å². The van der Waals surface area contributed by atoms with Gasteiger partial charge in [-0.15, -0.1) is 0 Å². The van der Waals surface area contributed by atoms with Crippen LogP contribution < -0.4 is 4.57 Å². The summed E-state index contributed by atoms with van der Waals surface area (Å²) < 4.78 is 8.17. The van der Waals surface area contributed by atoms with E-state index < -0.39 is 0 Å². The number of furan rings is 1. The Labute approximate surface area is 135 Å². The van der Waals surface area contributed by atoms with Crippen LogP contribution in [0.25, 0.3) is 33.2 Å². The molecule has 0 N–H and O–H groups in total. The summed E-state index contributed by atoms with van der Waals surface area (Å²) in [6.45, 7) is 4.23. The Hall–Kier alpha value is -2.68. The van der Waals surface area contributed by atoms with Crippen molar-refractivity contribution in [3.8, 4) is 11.3 Å². The Morgan fingerprint density at radius 1 is 1.09 bits per heavy atom. The summed E-state index contributed by atoms with van der Waals surface area (Å²) >= 11 is 0. The minimum absolute atomic E-state index is 0.839. The van der Waals surface area contributed by atoms with Crippen LogP contribution in [-0.2, 0) is 13.5 Å². The van der Waals surface area contributed by atoms with Crippen LogP contribution >= 0.6 is 0 Å². The fraction of sp³-hybridized carbons (Fsp3) is 0.200. The second kappa shape index (κ2) is 5.20. The molecule has 0 amide bonds. The molecule has 0 spiro atoms. The number of pyridine rings is 2. The van der Waals surface area contributed by atoms with E-state index in [9.17, 15) is 0 Å². The molecule has 4 aromatic rings. The summed E-state index contributed by atoms with van der Waals surface area (Å²) in [5.74, 6) is 0. The molecule has 3 heteroatoms. The maximum Gasteiger partial charge on any atom is 0.214 e. The monoisotopic (exact) mass is 303 g/mol. The summed E-state index contributed by atoms with van der Waals surface area (Å²) in [5.41, 5.74) is 6.40. The molecule has 0 saturated carbocycles. The van der Waals surface area contributed by atoms with Gasteiger partial charge in [-0.2, -0.15) is 0 Å². The van der Waals surface area contributed by atoms with Crippen molar-refractivity contribution in [3.63, 3.8) is 0 Å². The van der Waals surface area contributed by atoms with E-state index in [1.54, 1.807) is 0 Å². The third-order valence-electron chi connectivity index (χ3n) is 4.47. The number of benzene rings is 1. The highest BCUT2D eigenvalue weighted by Gasteiger charge is 2.21. The Balaban J connectivity index is 2.12. The van der Waals surface area contributed by atoms with Crippen molar-refractivity contribution in [1.82, 2.24) is 4.98 Å². The van der Waals surface area contributed by atoms with Crippen LogP contribution in [-0.4, -0.2) is 4.98 Å². The first-order chi connectivity index (χ1) is 11.2. The van der Waals surface area contributed by atoms with E-state index in [4.69, 9.17) is 4.42 Å². The summed E-state index contributed by atoms with van der Waals surface area (Å²) in [4.78, 5) is 4.56. The number of fused-ring (bicyclic) bond motifs is 3. The zero-order chi connectivity index (χ0) is 16.0. The van der Waals surface area contributed by atoms with E-state index in [1.807, 2.05) is 18.3 Å².